The number of hydrogen-bond donors (Lipinski definition) is 4. The molecule has 1 atom stereocenters. The minimum absolute atomic E-state index is 0.192. The standard InChI is InChI=1S/C27H24N2O8S/c1-3-37-27(36)16-7-10-18(11-8-16)28-23(30)15(2)38-20-6-4-5-19(14-20)29-24(31)21-12-9-17(25(32)33)13-22(21)26(34)35/h4-15H,3H2,1-2H3,(H,28,30)(H,29,31)(H,32,33)(H,34,35). The highest BCUT2D eigenvalue weighted by Gasteiger charge is 2.20. The average Bonchev–Trinajstić information content (AvgIpc) is 2.88. The Morgan fingerprint density at radius 2 is 1.50 bits per heavy atom. The van der Waals surface area contributed by atoms with Gasteiger partial charge in [-0.25, -0.2) is 14.4 Å². The van der Waals surface area contributed by atoms with Crippen LogP contribution in [0.4, 0.5) is 11.4 Å². The summed E-state index contributed by atoms with van der Waals surface area (Å²) < 4.78 is 4.94. The number of amides is 2. The fourth-order valence-corrected chi connectivity index (χ4v) is 4.23. The van der Waals surface area contributed by atoms with Gasteiger partial charge < -0.3 is 25.6 Å². The van der Waals surface area contributed by atoms with Gasteiger partial charge in [0, 0.05) is 16.3 Å². The molecule has 196 valence electrons. The van der Waals surface area contributed by atoms with E-state index in [4.69, 9.17) is 9.84 Å². The van der Waals surface area contributed by atoms with Gasteiger partial charge in [-0.1, -0.05) is 6.07 Å². The molecule has 0 spiro atoms. The summed E-state index contributed by atoms with van der Waals surface area (Å²) in [7, 11) is 0. The van der Waals surface area contributed by atoms with Gasteiger partial charge in [-0.3, -0.25) is 9.59 Å². The van der Waals surface area contributed by atoms with Crippen LogP contribution in [-0.2, 0) is 9.53 Å². The van der Waals surface area contributed by atoms with Crippen molar-refractivity contribution >= 4 is 52.9 Å². The summed E-state index contributed by atoms with van der Waals surface area (Å²) in [6.45, 7) is 3.69. The molecule has 3 aromatic rings. The van der Waals surface area contributed by atoms with Crippen molar-refractivity contribution in [2.45, 2.75) is 24.0 Å². The van der Waals surface area contributed by atoms with Crippen molar-refractivity contribution in [2.75, 3.05) is 17.2 Å². The largest absolute Gasteiger partial charge is 0.478 e. The smallest absolute Gasteiger partial charge is 0.338 e. The number of anilines is 2. The number of carbonyl (C=O) groups excluding carboxylic acids is 3. The van der Waals surface area contributed by atoms with Crippen molar-refractivity contribution in [3.63, 3.8) is 0 Å². The van der Waals surface area contributed by atoms with E-state index in [1.54, 1.807) is 62.4 Å². The summed E-state index contributed by atoms with van der Waals surface area (Å²) in [6, 6.07) is 16.2. The van der Waals surface area contributed by atoms with Gasteiger partial charge in [0.15, 0.2) is 0 Å². The maximum absolute atomic E-state index is 12.7. The van der Waals surface area contributed by atoms with E-state index in [-0.39, 0.29) is 23.6 Å². The highest BCUT2D eigenvalue weighted by Crippen LogP contribution is 2.27. The lowest BCUT2D eigenvalue weighted by Gasteiger charge is -2.14. The molecular formula is C27H24N2O8S. The molecule has 11 heteroatoms. The van der Waals surface area contributed by atoms with E-state index in [9.17, 15) is 29.1 Å². The van der Waals surface area contributed by atoms with Gasteiger partial charge in [0.25, 0.3) is 5.91 Å². The Hall–Kier alpha value is -4.64. The number of hydrogen-bond acceptors (Lipinski definition) is 7. The van der Waals surface area contributed by atoms with Crippen LogP contribution in [0.15, 0.2) is 71.6 Å². The molecule has 38 heavy (non-hydrogen) atoms. The number of aromatic carboxylic acids is 2. The van der Waals surface area contributed by atoms with Crippen LogP contribution in [0.5, 0.6) is 0 Å². The first-order valence-corrected chi connectivity index (χ1v) is 12.2. The number of thioether (sulfide) groups is 1. The summed E-state index contributed by atoms with van der Waals surface area (Å²) in [6.07, 6.45) is 0. The molecule has 0 aliphatic carbocycles. The number of carboxylic acids is 2. The molecule has 3 rings (SSSR count). The summed E-state index contributed by atoms with van der Waals surface area (Å²) >= 11 is 1.24. The molecule has 0 saturated heterocycles. The number of benzene rings is 3. The zero-order valence-electron chi connectivity index (χ0n) is 20.4. The Kier molecular flexibility index (Phi) is 9.23. The summed E-state index contributed by atoms with van der Waals surface area (Å²) in [5.74, 6) is -4.19. The highest BCUT2D eigenvalue weighted by atomic mass is 32.2. The van der Waals surface area contributed by atoms with Crippen molar-refractivity contribution in [3.05, 3.63) is 89.0 Å². The van der Waals surface area contributed by atoms with Gasteiger partial charge in [-0.15, -0.1) is 11.8 Å². The first kappa shape index (κ1) is 27.9. The third kappa shape index (κ3) is 7.20. The molecular weight excluding hydrogens is 512 g/mol. The Balaban J connectivity index is 1.65. The molecule has 0 aliphatic heterocycles. The van der Waals surface area contributed by atoms with E-state index in [2.05, 4.69) is 10.6 Å². The second-order valence-corrected chi connectivity index (χ2v) is 9.31. The van der Waals surface area contributed by atoms with Crippen molar-refractivity contribution in [2.24, 2.45) is 0 Å². The Labute approximate surface area is 222 Å². The molecule has 0 bridgehead atoms. The lowest BCUT2D eigenvalue weighted by atomic mass is 10.0. The first-order chi connectivity index (χ1) is 18.1. The third-order valence-electron chi connectivity index (χ3n) is 5.18. The predicted molar refractivity (Wildman–Crippen MR) is 141 cm³/mol. The fraction of sp³-hybridized carbons (Fsp3) is 0.148. The van der Waals surface area contributed by atoms with E-state index >= 15 is 0 Å². The maximum Gasteiger partial charge on any atom is 0.338 e. The highest BCUT2D eigenvalue weighted by molar-refractivity contribution is 8.00. The second kappa shape index (κ2) is 12.5. The third-order valence-corrected chi connectivity index (χ3v) is 6.27. The molecule has 3 aromatic carbocycles. The van der Waals surface area contributed by atoms with Gasteiger partial charge in [0.05, 0.1) is 34.1 Å². The summed E-state index contributed by atoms with van der Waals surface area (Å²) in [5, 5.41) is 23.4. The van der Waals surface area contributed by atoms with Gasteiger partial charge >= 0.3 is 17.9 Å². The quantitative estimate of drug-likeness (QED) is 0.214. The topological polar surface area (TPSA) is 159 Å². The number of rotatable bonds is 10. The van der Waals surface area contributed by atoms with Crippen LogP contribution < -0.4 is 10.6 Å². The van der Waals surface area contributed by atoms with Gasteiger partial charge in [-0.05, 0) is 74.5 Å². The van der Waals surface area contributed by atoms with E-state index in [1.165, 1.54) is 11.8 Å². The minimum Gasteiger partial charge on any atom is -0.478 e. The molecule has 1 unspecified atom stereocenters. The number of ether oxygens (including phenoxy) is 1. The van der Waals surface area contributed by atoms with Crippen LogP contribution in [0.2, 0.25) is 0 Å². The molecule has 2 amide bonds. The number of carboxylic acid groups (broad SMARTS) is 2. The van der Waals surface area contributed by atoms with Crippen LogP contribution in [0, 0.1) is 0 Å². The number of esters is 1. The van der Waals surface area contributed by atoms with Gasteiger partial charge in [-0.2, -0.15) is 0 Å². The lowest BCUT2D eigenvalue weighted by Crippen LogP contribution is -2.22. The van der Waals surface area contributed by atoms with E-state index < -0.39 is 34.6 Å². The zero-order chi connectivity index (χ0) is 27.8. The van der Waals surface area contributed by atoms with Crippen molar-refractivity contribution in [1.82, 2.24) is 0 Å². The fourth-order valence-electron chi connectivity index (χ4n) is 3.30. The van der Waals surface area contributed by atoms with E-state index in [0.29, 0.717) is 21.8 Å². The summed E-state index contributed by atoms with van der Waals surface area (Å²) in [5.41, 5.74) is 0.371. The van der Waals surface area contributed by atoms with Crippen molar-refractivity contribution in [1.29, 1.82) is 0 Å². The monoisotopic (exact) mass is 536 g/mol. The molecule has 0 aliphatic rings. The van der Waals surface area contributed by atoms with E-state index in [1.807, 2.05) is 0 Å². The molecule has 0 fully saturated rings. The Morgan fingerprint density at radius 1 is 0.816 bits per heavy atom. The minimum atomic E-state index is -1.43. The molecule has 0 radical (unpaired) electrons. The van der Waals surface area contributed by atoms with Crippen LogP contribution in [0.25, 0.3) is 0 Å². The number of nitrogens with one attached hydrogen (secondary N) is 2. The molecule has 0 aromatic heterocycles. The molecule has 0 heterocycles. The number of carbonyl (C=O) groups is 5. The Morgan fingerprint density at radius 3 is 2.13 bits per heavy atom. The van der Waals surface area contributed by atoms with Crippen molar-refractivity contribution < 1.29 is 38.9 Å². The lowest BCUT2D eigenvalue weighted by molar-refractivity contribution is -0.115. The van der Waals surface area contributed by atoms with Gasteiger partial charge in [0.1, 0.15) is 0 Å². The van der Waals surface area contributed by atoms with E-state index in [0.717, 1.165) is 18.2 Å². The summed E-state index contributed by atoms with van der Waals surface area (Å²) in [4.78, 5) is 60.6. The maximum atomic E-state index is 12.7. The van der Waals surface area contributed by atoms with Crippen LogP contribution >= 0.6 is 11.8 Å². The van der Waals surface area contributed by atoms with Crippen LogP contribution in [-0.4, -0.2) is 51.8 Å². The normalized spacial score (nSPS) is 11.2. The molecule has 4 N–H and O–H groups in total. The SMILES string of the molecule is CCOC(=O)c1ccc(NC(=O)C(C)Sc2cccc(NC(=O)c3ccc(C(=O)O)cc3C(=O)O)c2)cc1. The zero-order valence-corrected chi connectivity index (χ0v) is 21.2. The molecule has 0 saturated carbocycles. The first-order valence-electron chi connectivity index (χ1n) is 11.4. The van der Waals surface area contributed by atoms with Gasteiger partial charge in [0.2, 0.25) is 5.91 Å². The second-order valence-electron chi connectivity index (χ2n) is 7.90. The van der Waals surface area contributed by atoms with Crippen LogP contribution in [0.3, 0.4) is 0 Å². The predicted octanol–water partition coefficient (Wildman–Crippen LogP) is 4.63. The average molecular weight is 537 g/mol. The molecule has 10 nitrogen and oxygen atoms in total. The Bertz CT molecular complexity index is 1390. The van der Waals surface area contributed by atoms with Crippen LogP contribution in [0.1, 0.15) is 55.3 Å². The van der Waals surface area contributed by atoms with Crippen molar-refractivity contribution in [3.8, 4) is 0 Å².